The number of allylic oxidation sites excluding steroid dienone is 1. The highest BCUT2D eigenvalue weighted by molar-refractivity contribution is 5.65. The number of aromatic nitrogens is 3. The smallest absolute Gasteiger partial charge is 0.325 e. The van der Waals surface area contributed by atoms with Gasteiger partial charge < -0.3 is 24.4 Å². The standard InChI is InChI=1S/C23H26N6O2/c1-15-10-17-4-5-19(13-18(17)11-15)30-23-25-20(24-21-12-16(2)31-27-21)14-22(26-23)29-8-6-28(3)7-9-29/h4-5,11-14H,6-10H2,1-3H3,(H,24,25,26,27). The third kappa shape index (κ3) is 4.39. The number of hydrogen-bond acceptors (Lipinski definition) is 8. The molecule has 3 aromatic rings. The van der Waals surface area contributed by atoms with Crippen molar-refractivity contribution in [2.24, 2.45) is 0 Å². The third-order valence-corrected chi connectivity index (χ3v) is 5.60. The number of ether oxygens (including phenoxy) is 1. The third-order valence-electron chi connectivity index (χ3n) is 5.60. The van der Waals surface area contributed by atoms with Crippen molar-refractivity contribution in [2.45, 2.75) is 20.3 Å². The summed E-state index contributed by atoms with van der Waals surface area (Å²) >= 11 is 0. The van der Waals surface area contributed by atoms with Crippen LogP contribution in [0.1, 0.15) is 23.8 Å². The molecule has 8 nitrogen and oxygen atoms in total. The molecule has 1 aromatic carbocycles. The molecule has 1 aliphatic carbocycles. The van der Waals surface area contributed by atoms with Crippen molar-refractivity contribution in [1.82, 2.24) is 20.0 Å². The summed E-state index contributed by atoms with van der Waals surface area (Å²) in [5, 5.41) is 7.21. The molecule has 1 aliphatic heterocycles. The normalized spacial score (nSPS) is 16.2. The van der Waals surface area contributed by atoms with E-state index in [0.29, 0.717) is 17.6 Å². The topological polar surface area (TPSA) is 79.5 Å². The van der Waals surface area contributed by atoms with Crippen LogP contribution < -0.4 is 15.0 Å². The van der Waals surface area contributed by atoms with E-state index in [4.69, 9.17) is 14.2 Å². The minimum Gasteiger partial charge on any atom is -0.424 e. The molecule has 0 spiro atoms. The number of piperazine rings is 1. The largest absolute Gasteiger partial charge is 0.424 e. The number of nitrogens with one attached hydrogen (secondary N) is 1. The van der Waals surface area contributed by atoms with Gasteiger partial charge in [0, 0.05) is 38.3 Å². The second-order valence-electron chi connectivity index (χ2n) is 8.26. The van der Waals surface area contributed by atoms with Crippen LogP contribution >= 0.6 is 0 Å². The van der Waals surface area contributed by atoms with Gasteiger partial charge in [0.05, 0.1) is 0 Å². The monoisotopic (exact) mass is 418 g/mol. The van der Waals surface area contributed by atoms with Crippen molar-refractivity contribution in [2.75, 3.05) is 43.4 Å². The zero-order chi connectivity index (χ0) is 21.4. The molecule has 160 valence electrons. The molecule has 5 rings (SSSR count). The van der Waals surface area contributed by atoms with E-state index < -0.39 is 0 Å². The molecule has 31 heavy (non-hydrogen) atoms. The van der Waals surface area contributed by atoms with Crippen LogP contribution in [0.3, 0.4) is 0 Å². The maximum Gasteiger partial charge on any atom is 0.325 e. The second kappa shape index (κ2) is 8.03. The molecule has 0 bridgehead atoms. The van der Waals surface area contributed by atoms with E-state index in [9.17, 15) is 0 Å². The van der Waals surface area contributed by atoms with E-state index in [0.717, 1.165) is 49.9 Å². The Morgan fingerprint density at radius 3 is 2.61 bits per heavy atom. The lowest BCUT2D eigenvalue weighted by Crippen LogP contribution is -2.44. The summed E-state index contributed by atoms with van der Waals surface area (Å²) in [6.07, 6.45) is 3.19. The molecule has 2 aromatic heterocycles. The summed E-state index contributed by atoms with van der Waals surface area (Å²) in [5.41, 5.74) is 3.87. The maximum absolute atomic E-state index is 6.10. The molecule has 0 atom stereocenters. The van der Waals surface area contributed by atoms with Gasteiger partial charge in [-0.25, -0.2) is 0 Å². The molecule has 3 heterocycles. The SMILES string of the molecule is CC1=Cc2cc(Oc3nc(Nc4cc(C)on4)cc(N4CCN(C)CC4)n3)ccc2C1. The minimum atomic E-state index is 0.304. The second-order valence-corrected chi connectivity index (χ2v) is 8.26. The Labute approximate surface area is 181 Å². The lowest BCUT2D eigenvalue weighted by Gasteiger charge is -2.33. The van der Waals surface area contributed by atoms with Crippen LogP contribution in [-0.2, 0) is 6.42 Å². The van der Waals surface area contributed by atoms with E-state index in [1.54, 1.807) is 0 Å². The molecule has 0 amide bonds. The number of rotatable bonds is 5. The fourth-order valence-electron chi connectivity index (χ4n) is 3.93. The predicted molar refractivity (Wildman–Crippen MR) is 120 cm³/mol. The van der Waals surface area contributed by atoms with Crippen LogP contribution in [0.15, 0.2) is 40.4 Å². The highest BCUT2D eigenvalue weighted by atomic mass is 16.5. The fraction of sp³-hybridized carbons (Fsp3) is 0.348. The maximum atomic E-state index is 6.10. The highest BCUT2D eigenvalue weighted by Crippen LogP contribution is 2.31. The minimum absolute atomic E-state index is 0.304. The zero-order valence-corrected chi connectivity index (χ0v) is 18.1. The quantitative estimate of drug-likeness (QED) is 0.666. The molecule has 1 saturated heterocycles. The molecular weight excluding hydrogens is 392 g/mol. The zero-order valence-electron chi connectivity index (χ0n) is 18.1. The Morgan fingerprint density at radius 1 is 1.00 bits per heavy atom. The summed E-state index contributed by atoms with van der Waals surface area (Å²) in [5.74, 6) is 3.50. The summed E-state index contributed by atoms with van der Waals surface area (Å²) in [7, 11) is 2.13. The fourth-order valence-corrected chi connectivity index (χ4v) is 3.93. The number of fused-ring (bicyclic) bond motifs is 1. The Bertz CT molecular complexity index is 1130. The van der Waals surface area contributed by atoms with Crippen LogP contribution in [0.2, 0.25) is 0 Å². The van der Waals surface area contributed by atoms with Crippen LogP contribution in [0.5, 0.6) is 11.8 Å². The predicted octanol–water partition coefficient (Wildman–Crippen LogP) is 4.02. The summed E-state index contributed by atoms with van der Waals surface area (Å²) in [6, 6.07) is 10.2. The van der Waals surface area contributed by atoms with Gasteiger partial charge in [0.25, 0.3) is 0 Å². The lowest BCUT2D eigenvalue weighted by molar-refractivity contribution is 0.311. The van der Waals surface area contributed by atoms with Gasteiger partial charge in [0.1, 0.15) is 23.1 Å². The van der Waals surface area contributed by atoms with Crippen molar-refractivity contribution < 1.29 is 9.26 Å². The number of hydrogen-bond donors (Lipinski definition) is 1. The Morgan fingerprint density at radius 2 is 1.84 bits per heavy atom. The van der Waals surface area contributed by atoms with Gasteiger partial charge in [-0.1, -0.05) is 22.9 Å². The van der Waals surface area contributed by atoms with Crippen molar-refractivity contribution in [3.8, 4) is 11.8 Å². The number of benzene rings is 1. The van der Waals surface area contributed by atoms with E-state index in [1.807, 2.05) is 31.2 Å². The molecule has 0 radical (unpaired) electrons. The first-order valence-corrected chi connectivity index (χ1v) is 10.5. The van der Waals surface area contributed by atoms with Gasteiger partial charge in [-0.05, 0) is 50.6 Å². The molecule has 2 aliphatic rings. The molecule has 1 N–H and O–H groups in total. The molecule has 8 heteroatoms. The van der Waals surface area contributed by atoms with Gasteiger partial charge in [-0.2, -0.15) is 9.97 Å². The van der Waals surface area contributed by atoms with Crippen molar-refractivity contribution in [3.63, 3.8) is 0 Å². The first-order valence-electron chi connectivity index (χ1n) is 10.5. The van der Waals surface area contributed by atoms with Crippen molar-refractivity contribution in [3.05, 3.63) is 52.8 Å². The van der Waals surface area contributed by atoms with E-state index in [1.165, 1.54) is 16.7 Å². The number of nitrogens with zero attached hydrogens (tertiary/aromatic N) is 5. The van der Waals surface area contributed by atoms with Gasteiger partial charge in [-0.15, -0.1) is 0 Å². The first-order chi connectivity index (χ1) is 15.0. The van der Waals surface area contributed by atoms with Gasteiger partial charge in [-0.3, -0.25) is 0 Å². The van der Waals surface area contributed by atoms with Crippen LogP contribution in [0.4, 0.5) is 17.5 Å². The Hall–Kier alpha value is -3.39. The van der Waals surface area contributed by atoms with Gasteiger partial charge >= 0.3 is 6.01 Å². The highest BCUT2D eigenvalue weighted by Gasteiger charge is 2.19. The lowest BCUT2D eigenvalue weighted by atomic mass is 10.1. The number of anilines is 3. The van der Waals surface area contributed by atoms with Crippen LogP contribution in [0.25, 0.3) is 6.08 Å². The van der Waals surface area contributed by atoms with Crippen LogP contribution in [0, 0.1) is 6.92 Å². The number of aryl methyl sites for hydroxylation is 1. The average molecular weight is 419 g/mol. The summed E-state index contributed by atoms with van der Waals surface area (Å²) in [4.78, 5) is 13.8. The van der Waals surface area contributed by atoms with Gasteiger partial charge in [0.15, 0.2) is 5.82 Å². The average Bonchev–Trinajstić information content (AvgIpc) is 3.32. The van der Waals surface area contributed by atoms with Crippen molar-refractivity contribution >= 4 is 23.5 Å². The summed E-state index contributed by atoms with van der Waals surface area (Å²) < 4.78 is 11.3. The molecule has 0 unspecified atom stereocenters. The van der Waals surface area contributed by atoms with Gasteiger partial charge in [0.2, 0.25) is 0 Å². The van der Waals surface area contributed by atoms with E-state index in [2.05, 4.69) is 51.4 Å². The summed E-state index contributed by atoms with van der Waals surface area (Å²) in [6.45, 7) is 7.78. The van der Waals surface area contributed by atoms with Crippen LogP contribution in [-0.4, -0.2) is 53.3 Å². The van der Waals surface area contributed by atoms with E-state index >= 15 is 0 Å². The molecule has 1 fully saturated rings. The molecular formula is C23H26N6O2. The number of likely N-dealkylation sites (N-methyl/N-ethyl adjacent to an activating group) is 1. The molecule has 0 saturated carbocycles. The van der Waals surface area contributed by atoms with E-state index in [-0.39, 0.29) is 0 Å². The first kappa shape index (κ1) is 19.6. The Kier molecular flexibility index (Phi) is 5.07. The Balaban J connectivity index is 1.44. The van der Waals surface area contributed by atoms with Crippen molar-refractivity contribution in [1.29, 1.82) is 0 Å².